The number of carbonyl (C=O) groups is 1. The fourth-order valence-electron chi connectivity index (χ4n) is 2.75. The van der Waals surface area contributed by atoms with Crippen LogP contribution in [-0.2, 0) is 13.7 Å². The SMILES string of the molecule is CC(c1ccc(F)c(F)c1)N(C)C(=O)c1ccc(OCc2nccn2C)cc1. The van der Waals surface area contributed by atoms with E-state index in [9.17, 15) is 13.6 Å². The Morgan fingerprint density at radius 3 is 2.50 bits per heavy atom. The first-order chi connectivity index (χ1) is 13.4. The van der Waals surface area contributed by atoms with Crippen molar-refractivity contribution in [3.05, 3.63) is 83.4 Å². The number of amides is 1. The van der Waals surface area contributed by atoms with Gasteiger partial charge < -0.3 is 14.2 Å². The molecule has 28 heavy (non-hydrogen) atoms. The summed E-state index contributed by atoms with van der Waals surface area (Å²) in [4.78, 5) is 18.4. The summed E-state index contributed by atoms with van der Waals surface area (Å²) in [7, 11) is 3.51. The Morgan fingerprint density at radius 2 is 1.89 bits per heavy atom. The van der Waals surface area contributed by atoms with Crippen LogP contribution >= 0.6 is 0 Å². The van der Waals surface area contributed by atoms with E-state index in [-0.39, 0.29) is 5.91 Å². The number of hydrogen-bond acceptors (Lipinski definition) is 3. The highest BCUT2D eigenvalue weighted by Crippen LogP contribution is 2.23. The van der Waals surface area contributed by atoms with Crippen LogP contribution in [0, 0.1) is 11.6 Å². The molecule has 0 saturated carbocycles. The Kier molecular flexibility index (Phi) is 5.73. The average Bonchev–Trinajstić information content (AvgIpc) is 3.12. The summed E-state index contributed by atoms with van der Waals surface area (Å²) in [5.41, 5.74) is 0.992. The van der Waals surface area contributed by atoms with Crippen LogP contribution in [0.15, 0.2) is 54.9 Å². The molecular weight excluding hydrogens is 364 g/mol. The molecule has 0 bridgehead atoms. The number of hydrogen-bond donors (Lipinski definition) is 0. The highest BCUT2D eigenvalue weighted by molar-refractivity contribution is 5.94. The lowest BCUT2D eigenvalue weighted by Gasteiger charge is -2.25. The van der Waals surface area contributed by atoms with Crippen LogP contribution in [0.4, 0.5) is 8.78 Å². The minimum absolute atomic E-state index is 0.229. The van der Waals surface area contributed by atoms with Crippen LogP contribution in [-0.4, -0.2) is 27.4 Å². The maximum absolute atomic E-state index is 13.5. The molecule has 0 spiro atoms. The van der Waals surface area contributed by atoms with E-state index < -0.39 is 17.7 Å². The Bertz CT molecular complexity index is 970. The van der Waals surface area contributed by atoms with Crippen LogP contribution in [0.3, 0.4) is 0 Å². The molecule has 0 aliphatic heterocycles. The lowest BCUT2D eigenvalue weighted by molar-refractivity contribution is 0.0742. The summed E-state index contributed by atoms with van der Waals surface area (Å²) in [6.45, 7) is 2.08. The molecule has 2 aromatic carbocycles. The smallest absolute Gasteiger partial charge is 0.254 e. The molecule has 3 rings (SSSR count). The van der Waals surface area contributed by atoms with Gasteiger partial charge in [0.1, 0.15) is 18.2 Å². The molecule has 1 heterocycles. The number of imidazole rings is 1. The second-order valence-corrected chi connectivity index (χ2v) is 6.53. The van der Waals surface area contributed by atoms with Crippen molar-refractivity contribution < 1.29 is 18.3 Å². The molecule has 0 radical (unpaired) electrons. The molecule has 3 aromatic rings. The van der Waals surface area contributed by atoms with Crippen molar-refractivity contribution in [2.75, 3.05) is 7.05 Å². The van der Waals surface area contributed by atoms with Crippen molar-refractivity contribution in [1.82, 2.24) is 14.5 Å². The number of halogens is 2. The zero-order valence-electron chi connectivity index (χ0n) is 15.9. The highest BCUT2D eigenvalue weighted by atomic mass is 19.2. The van der Waals surface area contributed by atoms with Crippen LogP contribution in [0.1, 0.15) is 34.7 Å². The van der Waals surface area contributed by atoms with E-state index in [4.69, 9.17) is 4.74 Å². The van der Waals surface area contributed by atoms with Gasteiger partial charge in [-0.3, -0.25) is 4.79 Å². The maximum atomic E-state index is 13.5. The summed E-state index contributed by atoms with van der Waals surface area (Å²) < 4.78 is 34.1. The first kappa shape index (κ1) is 19.5. The molecule has 0 N–H and O–H groups in total. The first-order valence-electron chi connectivity index (χ1n) is 8.78. The van der Waals surface area contributed by atoms with Crippen LogP contribution in [0.5, 0.6) is 5.75 Å². The van der Waals surface area contributed by atoms with Crippen molar-refractivity contribution in [1.29, 1.82) is 0 Å². The van der Waals surface area contributed by atoms with Gasteiger partial charge in [-0.05, 0) is 48.9 Å². The Balaban J connectivity index is 1.66. The minimum atomic E-state index is -0.931. The maximum Gasteiger partial charge on any atom is 0.254 e. The third-order valence-electron chi connectivity index (χ3n) is 4.72. The normalized spacial score (nSPS) is 11.9. The van der Waals surface area contributed by atoms with E-state index in [0.29, 0.717) is 23.5 Å². The summed E-state index contributed by atoms with van der Waals surface area (Å²) in [5, 5.41) is 0. The van der Waals surface area contributed by atoms with Crippen molar-refractivity contribution >= 4 is 5.91 Å². The molecule has 1 atom stereocenters. The van der Waals surface area contributed by atoms with Gasteiger partial charge in [-0.1, -0.05) is 6.07 Å². The van der Waals surface area contributed by atoms with Gasteiger partial charge in [-0.2, -0.15) is 0 Å². The molecular formula is C21H21F2N3O2. The topological polar surface area (TPSA) is 47.4 Å². The fourth-order valence-corrected chi connectivity index (χ4v) is 2.75. The molecule has 0 fully saturated rings. The summed E-state index contributed by atoms with van der Waals surface area (Å²) >= 11 is 0. The van der Waals surface area contributed by atoms with Gasteiger partial charge >= 0.3 is 0 Å². The monoisotopic (exact) mass is 385 g/mol. The standard InChI is InChI=1S/C21H21F2N3O2/c1-14(16-6-9-18(22)19(23)12-16)26(3)21(27)15-4-7-17(8-5-15)28-13-20-24-10-11-25(20)2/h4-12,14H,13H2,1-3H3. The molecule has 0 saturated heterocycles. The van der Waals surface area contributed by atoms with Crippen molar-refractivity contribution in [2.45, 2.75) is 19.6 Å². The third-order valence-corrected chi connectivity index (χ3v) is 4.72. The largest absolute Gasteiger partial charge is 0.486 e. The van der Waals surface area contributed by atoms with E-state index in [2.05, 4.69) is 4.98 Å². The number of aryl methyl sites for hydroxylation is 1. The molecule has 146 valence electrons. The number of carbonyl (C=O) groups excluding carboxylic acids is 1. The number of benzene rings is 2. The Labute approximate surface area is 162 Å². The number of nitrogens with zero attached hydrogens (tertiary/aromatic N) is 3. The van der Waals surface area contributed by atoms with Gasteiger partial charge in [0.25, 0.3) is 5.91 Å². The van der Waals surface area contributed by atoms with Gasteiger partial charge in [0.15, 0.2) is 11.6 Å². The van der Waals surface area contributed by atoms with Crippen LogP contribution in [0.25, 0.3) is 0 Å². The summed E-state index contributed by atoms with van der Waals surface area (Å²) in [6.07, 6.45) is 3.54. The molecule has 1 unspecified atom stereocenters. The van der Waals surface area contributed by atoms with E-state index in [1.165, 1.54) is 11.0 Å². The molecule has 1 aromatic heterocycles. The summed E-state index contributed by atoms with van der Waals surface area (Å²) in [5.74, 6) is -0.658. The van der Waals surface area contributed by atoms with Crippen molar-refractivity contribution in [2.24, 2.45) is 7.05 Å². The number of rotatable bonds is 6. The van der Waals surface area contributed by atoms with Gasteiger partial charge in [-0.25, -0.2) is 13.8 Å². The van der Waals surface area contributed by atoms with Crippen LogP contribution in [0.2, 0.25) is 0 Å². The van der Waals surface area contributed by atoms with E-state index in [1.807, 2.05) is 17.8 Å². The second-order valence-electron chi connectivity index (χ2n) is 6.53. The van der Waals surface area contributed by atoms with Gasteiger partial charge in [0.05, 0.1) is 6.04 Å². The van der Waals surface area contributed by atoms with E-state index >= 15 is 0 Å². The van der Waals surface area contributed by atoms with Crippen LogP contribution < -0.4 is 4.74 Å². The van der Waals surface area contributed by atoms with E-state index in [0.717, 1.165) is 18.0 Å². The quantitative estimate of drug-likeness (QED) is 0.642. The van der Waals surface area contributed by atoms with Crippen molar-refractivity contribution in [3.63, 3.8) is 0 Å². The zero-order chi connectivity index (χ0) is 20.3. The van der Waals surface area contributed by atoms with Gasteiger partial charge in [-0.15, -0.1) is 0 Å². The van der Waals surface area contributed by atoms with Gasteiger partial charge in [0.2, 0.25) is 0 Å². The van der Waals surface area contributed by atoms with E-state index in [1.54, 1.807) is 44.4 Å². The van der Waals surface area contributed by atoms with Crippen molar-refractivity contribution in [3.8, 4) is 5.75 Å². The summed E-state index contributed by atoms with van der Waals surface area (Å²) in [6, 6.07) is 10.0. The lowest BCUT2D eigenvalue weighted by Crippen LogP contribution is -2.29. The zero-order valence-corrected chi connectivity index (χ0v) is 15.9. The highest BCUT2D eigenvalue weighted by Gasteiger charge is 2.20. The minimum Gasteiger partial charge on any atom is -0.486 e. The second kappa shape index (κ2) is 8.21. The predicted molar refractivity (Wildman–Crippen MR) is 101 cm³/mol. The molecule has 5 nitrogen and oxygen atoms in total. The molecule has 1 amide bonds. The predicted octanol–water partition coefficient (Wildman–Crippen LogP) is 4.11. The molecule has 7 heteroatoms. The molecule has 0 aliphatic rings. The number of aromatic nitrogens is 2. The van der Waals surface area contributed by atoms with Gasteiger partial charge in [0, 0.05) is 32.1 Å². The average molecular weight is 385 g/mol. The number of ether oxygens (including phenoxy) is 1. The molecule has 0 aliphatic carbocycles. The fraction of sp³-hybridized carbons (Fsp3) is 0.238. The third kappa shape index (κ3) is 4.19. The Morgan fingerprint density at radius 1 is 1.18 bits per heavy atom. The lowest BCUT2D eigenvalue weighted by atomic mass is 10.1. The first-order valence-corrected chi connectivity index (χ1v) is 8.78. The Hall–Kier alpha value is -3.22.